The molecule has 2 atom stereocenters. The minimum absolute atomic E-state index is 0.000543. The lowest BCUT2D eigenvalue weighted by atomic mass is 9.96. The molecular formula is C20H24F4N2O. The molecule has 3 aliphatic heterocycles. The Morgan fingerprint density at radius 2 is 1.78 bits per heavy atom. The Labute approximate surface area is 156 Å². The number of rotatable bonds is 3. The van der Waals surface area contributed by atoms with Crippen LogP contribution in [0, 0.1) is 0 Å². The SMILES string of the molecule is CC(C)N1Cc2c(cc(CN3C4CCC3CC(F)C4)cc2C(F)(F)F)C1=O. The molecule has 1 amide bonds. The van der Waals surface area contributed by atoms with Crippen LogP contribution in [-0.2, 0) is 19.3 Å². The Morgan fingerprint density at radius 3 is 2.33 bits per heavy atom. The lowest BCUT2D eigenvalue weighted by molar-refractivity contribution is -0.138. The number of nitrogens with zero attached hydrogens (tertiary/aromatic N) is 2. The standard InChI is InChI=1S/C20H24F4N2O/c1-11(2)25-10-17-16(19(25)27)5-12(6-18(17)20(22,23)24)9-26-14-3-4-15(26)8-13(21)7-14/h5-6,11,13-15H,3-4,7-10H2,1-2H3. The zero-order chi connectivity index (χ0) is 19.5. The molecule has 148 valence electrons. The molecule has 2 saturated heterocycles. The third-order valence-electron chi connectivity index (χ3n) is 6.25. The van der Waals surface area contributed by atoms with E-state index < -0.39 is 17.9 Å². The number of amides is 1. The summed E-state index contributed by atoms with van der Waals surface area (Å²) in [5.74, 6) is -0.335. The number of fused-ring (bicyclic) bond motifs is 3. The van der Waals surface area contributed by atoms with Gasteiger partial charge < -0.3 is 4.90 Å². The number of hydrogen-bond acceptors (Lipinski definition) is 2. The second-order valence-corrected chi connectivity index (χ2v) is 8.32. The first kappa shape index (κ1) is 18.7. The van der Waals surface area contributed by atoms with E-state index in [2.05, 4.69) is 4.90 Å². The largest absolute Gasteiger partial charge is 0.416 e. The Morgan fingerprint density at radius 1 is 1.15 bits per heavy atom. The molecule has 2 unspecified atom stereocenters. The molecular weight excluding hydrogens is 360 g/mol. The van der Waals surface area contributed by atoms with Crippen molar-refractivity contribution >= 4 is 5.91 Å². The number of halogens is 4. The van der Waals surface area contributed by atoms with Crippen molar-refractivity contribution in [3.05, 3.63) is 34.4 Å². The number of carbonyl (C=O) groups is 1. The van der Waals surface area contributed by atoms with Crippen LogP contribution >= 0.6 is 0 Å². The summed E-state index contributed by atoms with van der Waals surface area (Å²) in [7, 11) is 0. The maximum absolute atomic E-state index is 13.8. The van der Waals surface area contributed by atoms with Gasteiger partial charge in [0.05, 0.1) is 5.56 Å². The predicted molar refractivity (Wildman–Crippen MR) is 92.9 cm³/mol. The van der Waals surface area contributed by atoms with Crippen molar-refractivity contribution in [1.29, 1.82) is 0 Å². The molecule has 0 spiro atoms. The molecule has 0 aromatic heterocycles. The number of piperidine rings is 1. The van der Waals surface area contributed by atoms with Gasteiger partial charge in [0.2, 0.25) is 0 Å². The van der Waals surface area contributed by atoms with E-state index in [9.17, 15) is 22.4 Å². The van der Waals surface area contributed by atoms with E-state index in [4.69, 9.17) is 0 Å². The number of benzene rings is 1. The van der Waals surface area contributed by atoms with Crippen LogP contribution in [0.3, 0.4) is 0 Å². The quantitative estimate of drug-likeness (QED) is 0.715. The third kappa shape index (κ3) is 3.24. The average molecular weight is 384 g/mol. The maximum atomic E-state index is 13.8. The van der Waals surface area contributed by atoms with Gasteiger partial charge in [-0.05, 0) is 62.8 Å². The molecule has 27 heavy (non-hydrogen) atoms. The van der Waals surface area contributed by atoms with E-state index in [1.165, 1.54) is 11.0 Å². The third-order valence-corrected chi connectivity index (χ3v) is 6.25. The minimum Gasteiger partial charge on any atom is -0.332 e. The Hall–Kier alpha value is -1.63. The highest BCUT2D eigenvalue weighted by atomic mass is 19.4. The van der Waals surface area contributed by atoms with Gasteiger partial charge in [0.25, 0.3) is 5.91 Å². The van der Waals surface area contributed by atoms with Crippen molar-refractivity contribution in [2.24, 2.45) is 0 Å². The van der Waals surface area contributed by atoms with E-state index in [0.717, 1.165) is 12.8 Å². The van der Waals surface area contributed by atoms with Crippen LogP contribution in [0.25, 0.3) is 0 Å². The normalized spacial score (nSPS) is 28.3. The molecule has 3 nitrogen and oxygen atoms in total. The number of carbonyl (C=O) groups excluding carboxylic acids is 1. The Kier molecular flexibility index (Phi) is 4.48. The van der Waals surface area contributed by atoms with Gasteiger partial charge in [0.1, 0.15) is 6.17 Å². The highest BCUT2D eigenvalue weighted by Crippen LogP contribution is 2.41. The first-order valence-electron chi connectivity index (χ1n) is 9.59. The van der Waals surface area contributed by atoms with E-state index in [1.54, 1.807) is 19.9 Å². The molecule has 2 bridgehead atoms. The summed E-state index contributed by atoms with van der Waals surface area (Å²) >= 11 is 0. The molecule has 7 heteroatoms. The van der Waals surface area contributed by atoms with E-state index >= 15 is 0 Å². The van der Waals surface area contributed by atoms with Crippen LogP contribution in [0.1, 0.15) is 66.6 Å². The van der Waals surface area contributed by atoms with Gasteiger partial charge in [-0.1, -0.05) is 0 Å². The second kappa shape index (κ2) is 6.47. The van der Waals surface area contributed by atoms with Crippen molar-refractivity contribution < 1.29 is 22.4 Å². The molecule has 0 N–H and O–H groups in total. The monoisotopic (exact) mass is 384 g/mol. The Bertz CT molecular complexity index is 747. The van der Waals surface area contributed by atoms with Crippen LogP contribution < -0.4 is 0 Å². The summed E-state index contributed by atoms with van der Waals surface area (Å²) in [5, 5.41) is 0. The molecule has 0 aliphatic carbocycles. The van der Waals surface area contributed by atoms with Crippen molar-refractivity contribution in [2.45, 2.75) is 83.1 Å². The van der Waals surface area contributed by atoms with Crippen molar-refractivity contribution in [2.75, 3.05) is 0 Å². The van der Waals surface area contributed by atoms with Gasteiger partial charge in [-0.3, -0.25) is 9.69 Å². The van der Waals surface area contributed by atoms with Gasteiger partial charge >= 0.3 is 6.18 Å². The number of alkyl halides is 4. The van der Waals surface area contributed by atoms with Crippen LogP contribution in [0.2, 0.25) is 0 Å². The summed E-state index contributed by atoms with van der Waals surface area (Å²) in [6.07, 6.45) is -2.63. The zero-order valence-corrected chi connectivity index (χ0v) is 15.5. The van der Waals surface area contributed by atoms with Crippen molar-refractivity contribution in [3.63, 3.8) is 0 Å². The lowest BCUT2D eigenvalue weighted by Gasteiger charge is -2.36. The minimum atomic E-state index is -4.50. The molecule has 4 rings (SSSR count). The van der Waals surface area contributed by atoms with Crippen molar-refractivity contribution in [3.8, 4) is 0 Å². The molecule has 0 radical (unpaired) electrons. The summed E-state index contributed by atoms with van der Waals surface area (Å²) in [4.78, 5) is 16.3. The maximum Gasteiger partial charge on any atom is 0.416 e. The fourth-order valence-corrected chi connectivity index (χ4v) is 4.93. The summed E-state index contributed by atoms with van der Waals surface area (Å²) in [5.41, 5.74) is 0.0325. The van der Waals surface area contributed by atoms with E-state index in [0.29, 0.717) is 24.9 Å². The zero-order valence-electron chi connectivity index (χ0n) is 15.5. The second-order valence-electron chi connectivity index (χ2n) is 8.32. The first-order chi connectivity index (χ1) is 12.6. The predicted octanol–water partition coefficient (Wildman–Crippen LogP) is 4.53. The van der Waals surface area contributed by atoms with Gasteiger partial charge in [-0.2, -0.15) is 13.2 Å². The highest BCUT2D eigenvalue weighted by molar-refractivity contribution is 5.99. The Balaban J connectivity index is 1.69. The molecule has 3 heterocycles. The van der Waals surface area contributed by atoms with Gasteiger partial charge in [-0.25, -0.2) is 4.39 Å². The first-order valence-corrected chi connectivity index (χ1v) is 9.59. The van der Waals surface area contributed by atoms with Crippen LogP contribution in [0.15, 0.2) is 12.1 Å². The molecule has 0 saturated carbocycles. The van der Waals surface area contributed by atoms with E-state index in [-0.39, 0.29) is 41.7 Å². The lowest BCUT2D eigenvalue weighted by Crippen LogP contribution is -2.43. The number of hydrogen-bond donors (Lipinski definition) is 0. The van der Waals surface area contributed by atoms with Gasteiger partial charge in [0, 0.05) is 36.8 Å². The average Bonchev–Trinajstić information content (AvgIpc) is 3.01. The van der Waals surface area contributed by atoms with Gasteiger partial charge in [0.15, 0.2) is 0 Å². The molecule has 1 aromatic rings. The summed E-state index contributed by atoms with van der Waals surface area (Å²) < 4.78 is 54.8. The molecule has 3 aliphatic rings. The fourth-order valence-electron chi connectivity index (χ4n) is 4.93. The van der Waals surface area contributed by atoms with Gasteiger partial charge in [-0.15, -0.1) is 0 Å². The van der Waals surface area contributed by atoms with E-state index in [1.807, 2.05) is 0 Å². The smallest absolute Gasteiger partial charge is 0.332 e. The van der Waals surface area contributed by atoms with Crippen LogP contribution in [0.4, 0.5) is 17.6 Å². The molecule has 2 fully saturated rings. The fraction of sp³-hybridized carbons (Fsp3) is 0.650. The van der Waals surface area contributed by atoms with Crippen LogP contribution in [0.5, 0.6) is 0 Å². The van der Waals surface area contributed by atoms with Crippen LogP contribution in [-0.4, -0.2) is 40.0 Å². The highest BCUT2D eigenvalue weighted by Gasteiger charge is 2.43. The summed E-state index contributed by atoms with van der Waals surface area (Å²) in [6.45, 7) is 3.94. The molecule has 1 aromatic carbocycles. The topological polar surface area (TPSA) is 23.6 Å². The van der Waals surface area contributed by atoms with Crippen molar-refractivity contribution in [1.82, 2.24) is 9.80 Å². The summed E-state index contributed by atoms with van der Waals surface area (Å²) in [6, 6.07) is 2.83.